The number of thiophene rings is 1. The second kappa shape index (κ2) is 14.7. The van der Waals surface area contributed by atoms with E-state index in [0.717, 1.165) is 24.0 Å². The van der Waals surface area contributed by atoms with Gasteiger partial charge in [0.05, 0.1) is 25.7 Å². The third-order valence-corrected chi connectivity index (χ3v) is 11.4. The molecule has 0 aliphatic heterocycles. The average Bonchev–Trinajstić information content (AvgIpc) is 3.54. The number of benzene rings is 5. The van der Waals surface area contributed by atoms with Crippen molar-refractivity contribution in [3.05, 3.63) is 107 Å². The molecule has 0 amide bonds. The SMILES string of the molecule is CC(C)N(C(C)C)P(OCCC#N)OCCCc1ccc(-c2ccc(C#Cc3ccc4ccc5cccc6ccc3c4c56)cc2)s1. The maximum absolute atomic E-state index is 8.93. The van der Waals surface area contributed by atoms with Crippen molar-refractivity contribution in [1.82, 2.24) is 4.67 Å². The Morgan fingerprint density at radius 2 is 1.41 bits per heavy atom. The molecular weight excluding hydrogens is 603 g/mol. The predicted octanol–water partition coefficient (Wildman–Crippen LogP) is 10.9. The van der Waals surface area contributed by atoms with Crippen LogP contribution in [0.25, 0.3) is 42.8 Å². The molecule has 1 heterocycles. The van der Waals surface area contributed by atoms with Gasteiger partial charge in [0, 0.05) is 33.0 Å². The molecule has 0 spiro atoms. The van der Waals surface area contributed by atoms with Crippen LogP contribution in [0, 0.1) is 23.2 Å². The fourth-order valence-electron chi connectivity index (χ4n) is 6.07. The van der Waals surface area contributed by atoms with Gasteiger partial charge in [-0.2, -0.15) is 5.26 Å². The number of rotatable bonds is 12. The normalized spacial score (nSPS) is 12.4. The monoisotopic (exact) mass is 642 g/mol. The zero-order valence-corrected chi connectivity index (χ0v) is 28.6. The van der Waals surface area contributed by atoms with E-state index in [0.29, 0.717) is 31.7 Å². The number of nitriles is 1. The van der Waals surface area contributed by atoms with E-state index in [1.54, 1.807) is 0 Å². The fraction of sp³-hybridized carbons (Fsp3) is 0.275. The van der Waals surface area contributed by atoms with Gasteiger partial charge in [0.15, 0.2) is 0 Å². The molecule has 0 radical (unpaired) electrons. The van der Waals surface area contributed by atoms with Gasteiger partial charge in [-0.25, -0.2) is 4.67 Å². The van der Waals surface area contributed by atoms with Gasteiger partial charge in [-0.05, 0) is 109 Å². The van der Waals surface area contributed by atoms with Gasteiger partial charge in [0.25, 0.3) is 8.53 Å². The average molecular weight is 643 g/mol. The standard InChI is InChI=1S/C40H39N2O2PS/c1-28(2)42(29(3)4)45(44-27-7-25-41)43-26-6-10-36-22-24-38(46-36)32-15-12-30(13-16-32)11-14-31-17-18-35-20-19-33-8-5-9-34-21-23-37(31)40(35)39(33)34/h5,8-9,12-13,15-24,28-29H,6-7,10,26-27H2,1-4H3. The van der Waals surface area contributed by atoms with Crippen molar-refractivity contribution in [2.24, 2.45) is 0 Å². The zero-order valence-electron chi connectivity index (χ0n) is 26.9. The van der Waals surface area contributed by atoms with Crippen LogP contribution in [0.3, 0.4) is 0 Å². The smallest absolute Gasteiger partial charge is 0.259 e. The summed E-state index contributed by atoms with van der Waals surface area (Å²) in [6.45, 7) is 9.66. The summed E-state index contributed by atoms with van der Waals surface area (Å²) < 4.78 is 14.5. The molecular formula is C40H39N2O2PS. The molecule has 0 aliphatic rings. The van der Waals surface area contributed by atoms with Crippen molar-refractivity contribution in [3.8, 4) is 28.4 Å². The maximum Gasteiger partial charge on any atom is 0.259 e. The van der Waals surface area contributed by atoms with Gasteiger partial charge in [-0.1, -0.05) is 72.5 Å². The molecule has 232 valence electrons. The Morgan fingerprint density at radius 1 is 0.739 bits per heavy atom. The van der Waals surface area contributed by atoms with E-state index < -0.39 is 8.53 Å². The predicted molar refractivity (Wildman–Crippen MR) is 195 cm³/mol. The molecule has 6 aromatic rings. The molecule has 1 aromatic heterocycles. The molecule has 0 N–H and O–H groups in total. The summed E-state index contributed by atoms with van der Waals surface area (Å²) in [6.07, 6.45) is 2.25. The molecule has 1 unspecified atom stereocenters. The fourth-order valence-corrected chi connectivity index (χ4v) is 8.75. The van der Waals surface area contributed by atoms with Crippen LogP contribution in [-0.4, -0.2) is 30.0 Å². The third-order valence-electron chi connectivity index (χ3n) is 8.13. The first-order chi connectivity index (χ1) is 22.4. The second-order valence-electron chi connectivity index (χ2n) is 12.0. The van der Waals surface area contributed by atoms with Crippen molar-refractivity contribution in [2.45, 2.75) is 59.0 Å². The van der Waals surface area contributed by atoms with E-state index >= 15 is 0 Å². The highest BCUT2D eigenvalue weighted by Crippen LogP contribution is 2.46. The lowest BCUT2D eigenvalue weighted by Crippen LogP contribution is -2.33. The largest absolute Gasteiger partial charge is 0.322 e. The molecule has 46 heavy (non-hydrogen) atoms. The first-order valence-corrected chi connectivity index (χ1v) is 18.0. The summed E-state index contributed by atoms with van der Waals surface area (Å²) in [5.41, 5.74) is 3.28. The molecule has 0 bridgehead atoms. The van der Waals surface area contributed by atoms with Crippen molar-refractivity contribution >= 4 is 52.2 Å². The Labute approximate surface area is 277 Å². The van der Waals surface area contributed by atoms with Gasteiger partial charge in [-0.3, -0.25) is 0 Å². The van der Waals surface area contributed by atoms with Crippen molar-refractivity contribution in [1.29, 1.82) is 5.26 Å². The van der Waals surface area contributed by atoms with Crippen LogP contribution in [0.4, 0.5) is 0 Å². The minimum atomic E-state index is -1.19. The van der Waals surface area contributed by atoms with Crippen molar-refractivity contribution in [2.75, 3.05) is 13.2 Å². The van der Waals surface area contributed by atoms with Gasteiger partial charge in [0.2, 0.25) is 0 Å². The van der Waals surface area contributed by atoms with Gasteiger partial charge in [-0.15, -0.1) is 11.3 Å². The van der Waals surface area contributed by atoms with Gasteiger partial charge < -0.3 is 9.05 Å². The summed E-state index contributed by atoms with van der Waals surface area (Å²) in [7, 11) is -1.19. The lowest BCUT2D eigenvalue weighted by Gasteiger charge is -2.35. The summed E-state index contributed by atoms with van der Waals surface area (Å²) >= 11 is 1.83. The zero-order chi connectivity index (χ0) is 32.0. The number of nitrogens with zero attached hydrogens (tertiary/aromatic N) is 2. The van der Waals surface area contributed by atoms with Crippen LogP contribution < -0.4 is 0 Å². The molecule has 6 rings (SSSR count). The van der Waals surface area contributed by atoms with E-state index in [1.807, 2.05) is 11.3 Å². The molecule has 0 saturated heterocycles. The topological polar surface area (TPSA) is 45.5 Å². The Morgan fingerprint density at radius 3 is 2.13 bits per heavy atom. The molecule has 5 aromatic carbocycles. The Kier molecular flexibility index (Phi) is 10.3. The minimum absolute atomic E-state index is 0.304. The molecule has 1 atom stereocenters. The number of aryl methyl sites for hydroxylation is 1. The van der Waals surface area contributed by atoms with E-state index in [-0.39, 0.29) is 0 Å². The highest BCUT2D eigenvalue weighted by molar-refractivity contribution is 7.44. The van der Waals surface area contributed by atoms with E-state index in [2.05, 4.69) is 141 Å². The quantitative estimate of drug-likeness (QED) is 0.0577. The Bertz CT molecular complexity index is 2010. The third kappa shape index (κ3) is 7.11. The van der Waals surface area contributed by atoms with Gasteiger partial charge in [0.1, 0.15) is 0 Å². The highest BCUT2D eigenvalue weighted by Gasteiger charge is 2.27. The minimum Gasteiger partial charge on any atom is -0.322 e. The molecule has 6 heteroatoms. The first-order valence-electron chi connectivity index (χ1n) is 16.0. The van der Waals surface area contributed by atoms with Crippen LogP contribution in [0.1, 0.15) is 56.5 Å². The first kappa shape index (κ1) is 32.2. The van der Waals surface area contributed by atoms with Crippen molar-refractivity contribution < 1.29 is 9.05 Å². The van der Waals surface area contributed by atoms with Crippen LogP contribution in [0.15, 0.2) is 91.0 Å². The summed E-state index contributed by atoms with van der Waals surface area (Å²) in [5.74, 6) is 6.88. The number of hydrogen-bond donors (Lipinski definition) is 0. The summed E-state index contributed by atoms with van der Waals surface area (Å²) in [6, 6.07) is 35.5. The van der Waals surface area contributed by atoms with Crippen molar-refractivity contribution in [3.63, 3.8) is 0 Å². The van der Waals surface area contributed by atoms with Crippen LogP contribution in [-0.2, 0) is 15.5 Å². The second-order valence-corrected chi connectivity index (χ2v) is 14.7. The molecule has 0 saturated carbocycles. The summed E-state index contributed by atoms with van der Waals surface area (Å²) in [5, 5.41) is 16.6. The van der Waals surface area contributed by atoms with E-state index in [4.69, 9.17) is 14.3 Å². The lowest BCUT2D eigenvalue weighted by molar-refractivity contribution is 0.175. The van der Waals surface area contributed by atoms with Gasteiger partial charge >= 0.3 is 0 Å². The van der Waals surface area contributed by atoms with Crippen LogP contribution in [0.2, 0.25) is 0 Å². The van der Waals surface area contributed by atoms with Crippen LogP contribution in [0.5, 0.6) is 0 Å². The highest BCUT2D eigenvalue weighted by atomic mass is 32.1. The Hall–Kier alpha value is -3.80. The molecule has 0 aliphatic carbocycles. The van der Waals surface area contributed by atoms with E-state index in [9.17, 15) is 0 Å². The lowest BCUT2D eigenvalue weighted by atomic mass is 9.92. The van der Waals surface area contributed by atoms with Crippen LogP contribution >= 0.6 is 19.9 Å². The molecule has 4 nitrogen and oxygen atoms in total. The molecule has 0 fully saturated rings. The number of hydrogen-bond acceptors (Lipinski definition) is 5. The summed E-state index contributed by atoms with van der Waals surface area (Å²) in [4.78, 5) is 2.60. The maximum atomic E-state index is 8.93. The van der Waals surface area contributed by atoms with E-state index in [1.165, 1.54) is 47.6 Å². The Balaban J connectivity index is 1.09.